The molecule has 202 valence electrons. The Kier molecular flexibility index (Phi) is 5.76. The zero-order chi connectivity index (χ0) is 26.3. The average molecular weight is 545 g/mol. The first kappa shape index (κ1) is 25.2. The van der Waals surface area contributed by atoms with Crippen LogP contribution in [-0.4, -0.2) is 59.8 Å². The van der Waals surface area contributed by atoms with Gasteiger partial charge < -0.3 is 25.2 Å². The fraction of sp³-hybridized carbons (Fsp3) is 0.680. The van der Waals surface area contributed by atoms with Crippen molar-refractivity contribution in [2.45, 2.75) is 81.4 Å². The van der Waals surface area contributed by atoms with Gasteiger partial charge in [0.15, 0.2) is 6.10 Å². The Morgan fingerprint density at radius 3 is 2.62 bits per heavy atom. The van der Waals surface area contributed by atoms with Gasteiger partial charge in [0.25, 0.3) is 5.91 Å². The number of hydrogen-bond donors (Lipinski definition) is 3. The Labute approximate surface area is 216 Å². The van der Waals surface area contributed by atoms with Crippen LogP contribution in [0.25, 0.3) is 0 Å². The van der Waals surface area contributed by atoms with Gasteiger partial charge in [-0.25, -0.2) is 0 Å². The van der Waals surface area contributed by atoms with Gasteiger partial charge in [-0.15, -0.1) is 13.2 Å². The molecule has 12 heteroatoms. The number of benzene rings is 1. The average Bonchev–Trinajstić information content (AvgIpc) is 3.02. The van der Waals surface area contributed by atoms with Crippen LogP contribution in [0, 0.1) is 17.3 Å². The third-order valence-electron chi connectivity index (χ3n) is 9.31. The quantitative estimate of drug-likeness (QED) is 0.487. The first-order valence-electron chi connectivity index (χ1n) is 12.5. The summed E-state index contributed by atoms with van der Waals surface area (Å²) in [6.07, 6.45) is -5.79. The lowest BCUT2D eigenvalue weighted by molar-refractivity contribution is -0.357. The third kappa shape index (κ3) is 4.09. The topological polar surface area (TPSA) is 106 Å². The Morgan fingerprint density at radius 1 is 1.22 bits per heavy atom. The fourth-order valence-corrected chi connectivity index (χ4v) is 7.51. The van der Waals surface area contributed by atoms with Crippen LogP contribution in [0.2, 0.25) is 5.02 Å². The maximum absolute atomic E-state index is 13.0. The van der Waals surface area contributed by atoms with E-state index >= 15 is 0 Å². The van der Waals surface area contributed by atoms with E-state index in [-0.39, 0.29) is 66.5 Å². The number of amides is 2. The van der Waals surface area contributed by atoms with Gasteiger partial charge in [-0.05, 0) is 42.9 Å². The Bertz CT molecular complexity index is 1130. The van der Waals surface area contributed by atoms with Crippen molar-refractivity contribution in [1.82, 2.24) is 10.6 Å². The van der Waals surface area contributed by atoms with Gasteiger partial charge in [-0.1, -0.05) is 18.5 Å². The van der Waals surface area contributed by atoms with Crippen molar-refractivity contribution in [3.05, 3.63) is 28.8 Å². The largest absolute Gasteiger partial charge is 0.522 e. The molecule has 0 saturated heterocycles. The first-order valence-corrected chi connectivity index (χ1v) is 12.9. The lowest BCUT2D eigenvalue weighted by Crippen LogP contribution is -2.61. The highest BCUT2D eigenvalue weighted by atomic mass is 35.5. The van der Waals surface area contributed by atoms with Crippen LogP contribution in [0.4, 0.5) is 13.2 Å². The summed E-state index contributed by atoms with van der Waals surface area (Å²) in [5.41, 5.74) is 0.150. The predicted octanol–water partition coefficient (Wildman–Crippen LogP) is 3.01. The molecule has 0 spiro atoms. The van der Waals surface area contributed by atoms with E-state index < -0.39 is 30.8 Å². The summed E-state index contributed by atoms with van der Waals surface area (Å²) in [6, 6.07) is 4.90. The van der Waals surface area contributed by atoms with E-state index in [9.17, 15) is 27.9 Å². The lowest BCUT2D eigenvalue weighted by Gasteiger charge is -2.47. The molecule has 37 heavy (non-hydrogen) atoms. The number of nitrogens with one attached hydrogen (secondary N) is 2. The van der Waals surface area contributed by atoms with Crippen LogP contribution in [0.5, 0.6) is 5.75 Å². The number of aliphatic hydroxyl groups is 1. The molecule has 1 aliphatic heterocycles. The van der Waals surface area contributed by atoms with E-state index in [2.05, 4.69) is 22.3 Å². The summed E-state index contributed by atoms with van der Waals surface area (Å²) < 4.78 is 51.9. The molecular weight excluding hydrogens is 517 g/mol. The number of rotatable bonds is 7. The second-order valence-electron chi connectivity index (χ2n) is 11.1. The highest BCUT2D eigenvalue weighted by molar-refractivity contribution is 6.30. The smallest absolute Gasteiger partial charge is 0.480 e. The fourth-order valence-electron chi connectivity index (χ4n) is 7.33. The van der Waals surface area contributed by atoms with Crippen LogP contribution >= 0.6 is 11.6 Å². The molecule has 0 unspecified atom stereocenters. The number of hydrogen-bond acceptors (Lipinski definition) is 6. The molecule has 4 aliphatic carbocycles. The lowest BCUT2D eigenvalue weighted by atomic mass is 9.66. The van der Waals surface area contributed by atoms with Crippen molar-refractivity contribution in [3.8, 4) is 5.75 Å². The van der Waals surface area contributed by atoms with E-state index in [1.165, 1.54) is 0 Å². The number of fused-ring (bicyclic) bond motifs is 2. The number of halogens is 4. The molecular formula is C25H28ClF3N2O6. The van der Waals surface area contributed by atoms with Gasteiger partial charge in [0.05, 0.1) is 23.9 Å². The maximum Gasteiger partial charge on any atom is 0.522 e. The number of carbonyl (C=O) groups is 2. The van der Waals surface area contributed by atoms with Crippen LogP contribution in [0.15, 0.2) is 18.2 Å². The summed E-state index contributed by atoms with van der Waals surface area (Å²) in [4.78, 5) is 25.5. The number of aliphatic hydroxyl groups excluding tert-OH is 1. The highest BCUT2D eigenvalue weighted by Gasteiger charge is 2.89. The monoisotopic (exact) mass is 544 g/mol. The van der Waals surface area contributed by atoms with E-state index in [1.54, 1.807) is 18.2 Å². The Morgan fingerprint density at radius 2 is 1.97 bits per heavy atom. The molecule has 7 atom stereocenters. The van der Waals surface area contributed by atoms with Gasteiger partial charge in [0.2, 0.25) is 5.91 Å². The standard InChI is InChI=1S/C25H28ClF3N2O6/c1-23-15-9-24(23,31-21(33)10-35-12-5-13(6-12)37-25(27,28)29)20(23)7-16(15)30-22(34)19-8-17(32)14-4-11(26)2-3-18(14)36-19/h2-4,12-13,15-17,19-20,32H,5-10H2,1H3,(H,30,34)(H,31,33)/t12?,13?,15-,16+,17+,19+,20+,23-,24-/m0/s1. The maximum atomic E-state index is 13.0. The van der Waals surface area contributed by atoms with Gasteiger partial charge >= 0.3 is 6.36 Å². The summed E-state index contributed by atoms with van der Waals surface area (Å²) >= 11 is 6.00. The minimum Gasteiger partial charge on any atom is -0.480 e. The van der Waals surface area contributed by atoms with E-state index in [4.69, 9.17) is 21.1 Å². The molecule has 2 amide bonds. The van der Waals surface area contributed by atoms with Gasteiger partial charge in [0, 0.05) is 41.3 Å². The van der Waals surface area contributed by atoms with Gasteiger partial charge in [0.1, 0.15) is 12.4 Å². The molecule has 8 nitrogen and oxygen atoms in total. The Hall–Kier alpha value is -2.08. The summed E-state index contributed by atoms with van der Waals surface area (Å²) in [5, 5.41) is 17.2. The molecule has 6 rings (SSSR count). The molecule has 4 fully saturated rings. The first-order chi connectivity index (χ1) is 17.4. The molecule has 1 heterocycles. The highest BCUT2D eigenvalue weighted by Crippen LogP contribution is 2.84. The molecule has 1 aromatic rings. The minimum absolute atomic E-state index is 0.0366. The molecule has 0 bridgehead atoms. The van der Waals surface area contributed by atoms with E-state index in [0.717, 1.165) is 12.8 Å². The molecule has 4 saturated carbocycles. The summed E-state index contributed by atoms with van der Waals surface area (Å²) in [5.74, 6) is 0.348. The SMILES string of the molecule is C[C@@]12[C@H]3C[C@@H](NC(=O)[C@H]4C[C@@H](O)c5cc(Cl)ccc5O4)[C@@H]1C[C@]32NC(=O)COC1CC(OC(F)(F)F)C1. The van der Waals surface area contributed by atoms with Gasteiger partial charge in [-0.3, -0.25) is 14.3 Å². The van der Waals surface area contributed by atoms with Crippen LogP contribution in [0.1, 0.15) is 50.7 Å². The second kappa shape index (κ2) is 8.46. The molecule has 5 aliphatic rings. The van der Waals surface area contributed by atoms with Crippen molar-refractivity contribution in [3.63, 3.8) is 0 Å². The zero-order valence-electron chi connectivity index (χ0n) is 20.0. The Balaban J connectivity index is 0.964. The van der Waals surface area contributed by atoms with Crippen molar-refractivity contribution in [2.24, 2.45) is 17.3 Å². The normalized spacial score (nSPS) is 40.9. The van der Waals surface area contributed by atoms with Crippen LogP contribution < -0.4 is 15.4 Å². The van der Waals surface area contributed by atoms with Crippen molar-refractivity contribution in [1.29, 1.82) is 0 Å². The summed E-state index contributed by atoms with van der Waals surface area (Å²) in [6.45, 7) is 1.91. The van der Waals surface area contributed by atoms with Crippen LogP contribution in [0.3, 0.4) is 0 Å². The van der Waals surface area contributed by atoms with Crippen LogP contribution in [-0.2, 0) is 19.1 Å². The minimum atomic E-state index is -4.66. The molecule has 0 aromatic heterocycles. The second-order valence-corrected chi connectivity index (χ2v) is 11.6. The molecule has 0 radical (unpaired) electrons. The van der Waals surface area contributed by atoms with E-state index in [1.807, 2.05) is 0 Å². The van der Waals surface area contributed by atoms with Crippen molar-refractivity contribution in [2.75, 3.05) is 6.61 Å². The predicted molar refractivity (Wildman–Crippen MR) is 122 cm³/mol. The molecule has 1 aromatic carbocycles. The molecule has 3 N–H and O–H groups in total. The number of ether oxygens (including phenoxy) is 3. The van der Waals surface area contributed by atoms with Crippen molar-refractivity contribution < 1.29 is 42.1 Å². The zero-order valence-corrected chi connectivity index (χ0v) is 20.8. The number of alkyl halides is 3. The van der Waals surface area contributed by atoms with Crippen molar-refractivity contribution >= 4 is 23.4 Å². The van der Waals surface area contributed by atoms with Gasteiger partial charge in [-0.2, -0.15) is 0 Å². The van der Waals surface area contributed by atoms with E-state index in [0.29, 0.717) is 16.3 Å². The third-order valence-corrected chi connectivity index (χ3v) is 9.54. The number of carbonyl (C=O) groups excluding carboxylic acids is 2. The summed E-state index contributed by atoms with van der Waals surface area (Å²) in [7, 11) is 0.